The fourth-order valence-electron chi connectivity index (χ4n) is 3.54. The lowest BCUT2D eigenvalue weighted by molar-refractivity contribution is 0.447. The molecular weight excluding hydrogens is 304 g/mol. The van der Waals surface area contributed by atoms with Crippen LogP contribution in [0.4, 0.5) is 0 Å². The minimum Gasteiger partial charge on any atom is -0.317 e. The second-order valence-electron chi connectivity index (χ2n) is 6.10. The molecule has 1 aliphatic heterocycles. The lowest BCUT2D eigenvalue weighted by atomic mass is 10.0. The maximum absolute atomic E-state index is 12.7. The first-order chi connectivity index (χ1) is 10.1. The molecule has 1 aromatic heterocycles. The summed E-state index contributed by atoms with van der Waals surface area (Å²) < 4.78 is 27.7. The van der Waals surface area contributed by atoms with Gasteiger partial charge in [-0.2, -0.15) is 4.31 Å². The molecule has 2 aliphatic rings. The molecule has 0 aromatic carbocycles. The van der Waals surface area contributed by atoms with E-state index >= 15 is 0 Å². The molecular formula is C15H24N2O2S2. The summed E-state index contributed by atoms with van der Waals surface area (Å²) in [5.41, 5.74) is 0. The van der Waals surface area contributed by atoms with Gasteiger partial charge in [-0.25, -0.2) is 8.42 Å². The zero-order valence-electron chi connectivity index (χ0n) is 12.5. The predicted molar refractivity (Wildman–Crippen MR) is 86.2 cm³/mol. The van der Waals surface area contributed by atoms with Gasteiger partial charge in [0.1, 0.15) is 4.21 Å². The third-order valence-corrected chi connectivity index (χ3v) is 8.17. The summed E-state index contributed by atoms with van der Waals surface area (Å²) in [5, 5.41) is 3.27. The Morgan fingerprint density at radius 2 is 2.00 bits per heavy atom. The van der Waals surface area contributed by atoms with Crippen molar-refractivity contribution in [1.29, 1.82) is 0 Å². The van der Waals surface area contributed by atoms with Crippen molar-refractivity contribution in [3.05, 3.63) is 17.0 Å². The number of fused-ring (bicyclic) bond motifs is 1. The largest absolute Gasteiger partial charge is 0.317 e. The second kappa shape index (κ2) is 6.36. The highest BCUT2D eigenvalue weighted by Crippen LogP contribution is 2.40. The molecule has 2 atom stereocenters. The van der Waals surface area contributed by atoms with Crippen LogP contribution in [-0.2, 0) is 16.4 Å². The van der Waals surface area contributed by atoms with Gasteiger partial charge in [-0.15, -0.1) is 11.3 Å². The van der Waals surface area contributed by atoms with Gasteiger partial charge in [-0.1, -0.05) is 13.3 Å². The fraction of sp³-hybridized carbons (Fsp3) is 0.733. The number of thiophene rings is 1. The molecule has 118 valence electrons. The molecule has 2 unspecified atom stereocenters. The summed E-state index contributed by atoms with van der Waals surface area (Å²) in [6.45, 7) is 5.40. The van der Waals surface area contributed by atoms with Crippen LogP contribution >= 0.6 is 11.3 Å². The quantitative estimate of drug-likeness (QED) is 0.815. The number of rotatable bonds is 6. The molecule has 2 heterocycles. The molecule has 4 nitrogen and oxygen atoms in total. The number of hydrogen-bond acceptors (Lipinski definition) is 4. The molecule has 0 spiro atoms. The first-order valence-electron chi connectivity index (χ1n) is 7.91. The van der Waals surface area contributed by atoms with Gasteiger partial charge in [0.05, 0.1) is 0 Å². The van der Waals surface area contributed by atoms with Crippen LogP contribution in [0.2, 0.25) is 0 Å². The summed E-state index contributed by atoms with van der Waals surface area (Å²) >= 11 is 1.44. The molecule has 3 rings (SSSR count). The Labute approximate surface area is 131 Å². The van der Waals surface area contributed by atoms with Crippen molar-refractivity contribution in [2.24, 2.45) is 11.8 Å². The average molecular weight is 329 g/mol. The van der Waals surface area contributed by atoms with E-state index in [9.17, 15) is 8.42 Å². The van der Waals surface area contributed by atoms with Crippen molar-refractivity contribution in [3.8, 4) is 0 Å². The highest BCUT2D eigenvalue weighted by atomic mass is 32.2. The minimum absolute atomic E-state index is 0.522. The van der Waals surface area contributed by atoms with Crippen molar-refractivity contribution in [3.63, 3.8) is 0 Å². The van der Waals surface area contributed by atoms with E-state index in [1.54, 1.807) is 10.4 Å². The van der Waals surface area contributed by atoms with E-state index in [0.29, 0.717) is 16.0 Å². The molecule has 2 fully saturated rings. The Hall–Kier alpha value is -0.430. The van der Waals surface area contributed by atoms with E-state index in [4.69, 9.17) is 0 Å². The first-order valence-corrected chi connectivity index (χ1v) is 10.2. The fourth-order valence-corrected chi connectivity index (χ4v) is 6.60. The van der Waals surface area contributed by atoms with E-state index in [1.807, 2.05) is 6.07 Å². The average Bonchev–Trinajstić information content (AvgIpc) is 3.14. The predicted octanol–water partition coefficient (Wildman–Crippen LogP) is 2.32. The van der Waals surface area contributed by atoms with Gasteiger partial charge >= 0.3 is 0 Å². The maximum Gasteiger partial charge on any atom is 0.252 e. The van der Waals surface area contributed by atoms with E-state index in [0.717, 1.165) is 37.5 Å². The number of likely N-dealkylation sites (N-methyl/N-ethyl adjacent to an activating group) is 1. The first kappa shape index (κ1) is 15.5. The van der Waals surface area contributed by atoms with E-state index in [1.165, 1.54) is 30.6 Å². The molecule has 1 N–H and O–H groups in total. The number of nitrogens with one attached hydrogen (secondary N) is 1. The molecule has 1 saturated heterocycles. The Balaban J connectivity index is 1.67. The van der Waals surface area contributed by atoms with Crippen LogP contribution < -0.4 is 5.32 Å². The van der Waals surface area contributed by atoms with Gasteiger partial charge in [-0.05, 0) is 56.3 Å². The lowest BCUT2D eigenvalue weighted by Gasteiger charge is -2.15. The SMILES string of the molecule is CCNCCc1ccc(S(=O)(=O)N2CC3CCCC3C2)s1. The normalized spacial score (nSPS) is 26.3. The number of sulfonamides is 1. The van der Waals surface area contributed by atoms with Crippen LogP contribution in [0.1, 0.15) is 31.1 Å². The highest BCUT2D eigenvalue weighted by Gasteiger charge is 2.41. The monoisotopic (exact) mass is 328 g/mol. The molecule has 1 aromatic rings. The van der Waals surface area contributed by atoms with Crippen LogP contribution in [0.5, 0.6) is 0 Å². The van der Waals surface area contributed by atoms with E-state index in [2.05, 4.69) is 12.2 Å². The lowest BCUT2D eigenvalue weighted by Crippen LogP contribution is -2.29. The van der Waals surface area contributed by atoms with E-state index in [-0.39, 0.29) is 0 Å². The summed E-state index contributed by atoms with van der Waals surface area (Å²) in [6, 6.07) is 3.75. The molecule has 0 radical (unpaired) electrons. The molecule has 0 bridgehead atoms. The highest BCUT2D eigenvalue weighted by molar-refractivity contribution is 7.91. The Morgan fingerprint density at radius 3 is 2.67 bits per heavy atom. The summed E-state index contributed by atoms with van der Waals surface area (Å²) in [6.07, 6.45) is 4.58. The molecule has 1 saturated carbocycles. The second-order valence-corrected chi connectivity index (χ2v) is 9.43. The third-order valence-electron chi connectivity index (χ3n) is 4.72. The van der Waals surface area contributed by atoms with Crippen LogP contribution in [0, 0.1) is 11.8 Å². The zero-order chi connectivity index (χ0) is 14.9. The minimum atomic E-state index is -3.26. The van der Waals surface area contributed by atoms with Gasteiger partial charge in [0, 0.05) is 18.0 Å². The third kappa shape index (κ3) is 3.18. The van der Waals surface area contributed by atoms with Gasteiger partial charge in [-0.3, -0.25) is 0 Å². The molecule has 21 heavy (non-hydrogen) atoms. The standard InChI is InChI=1S/C15H24N2O2S2/c1-2-16-9-8-14-6-7-15(20-14)21(18,19)17-10-12-4-3-5-13(12)11-17/h6-7,12-13,16H,2-5,8-11H2,1H3. The van der Waals surface area contributed by atoms with Gasteiger partial charge in [0.2, 0.25) is 0 Å². The molecule has 6 heteroatoms. The van der Waals surface area contributed by atoms with Crippen molar-refractivity contribution in [2.75, 3.05) is 26.2 Å². The summed E-state index contributed by atoms with van der Waals surface area (Å²) in [7, 11) is -3.26. The Morgan fingerprint density at radius 1 is 1.29 bits per heavy atom. The van der Waals surface area contributed by atoms with Crippen molar-refractivity contribution in [1.82, 2.24) is 9.62 Å². The zero-order valence-corrected chi connectivity index (χ0v) is 14.2. The van der Waals surface area contributed by atoms with Gasteiger partial charge < -0.3 is 5.32 Å². The molecule has 1 aliphatic carbocycles. The van der Waals surface area contributed by atoms with Crippen LogP contribution in [0.25, 0.3) is 0 Å². The van der Waals surface area contributed by atoms with Gasteiger partial charge in [0.15, 0.2) is 0 Å². The number of hydrogen-bond donors (Lipinski definition) is 1. The summed E-state index contributed by atoms with van der Waals surface area (Å²) in [4.78, 5) is 1.15. The summed E-state index contributed by atoms with van der Waals surface area (Å²) in [5.74, 6) is 1.21. The van der Waals surface area contributed by atoms with Crippen LogP contribution in [-0.4, -0.2) is 38.9 Å². The van der Waals surface area contributed by atoms with Crippen LogP contribution in [0.3, 0.4) is 0 Å². The van der Waals surface area contributed by atoms with Crippen LogP contribution in [0.15, 0.2) is 16.3 Å². The van der Waals surface area contributed by atoms with Crippen molar-refractivity contribution in [2.45, 2.75) is 36.8 Å². The van der Waals surface area contributed by atoms with Crippen molar-refractivity contribution < 1.29 is 8.42 Å². The maximum atomic E-state index is 12.7. The van der Waals surface area contributed by atoms with E-state index < -0.39 is 10.0 Å². The van der Waals surface area contributed by atoms with Gasteiger partial charge in [0.25, 0.3) is 10.0 Å². The Bertz CT molecular complexity index is 570. The topological polar surface area (TPSA) is 49.4 Å². The Kier molecular flexibility index (Phi) is 4.69. The smallest absolute Gasteiger partial charge is 0.252 e. The molecule has 0 amide bonds. The number of nitrogens with zero attached hydrogens (tertiary/aromatic N) is 1. The van der Waals surface area contributed by atoms with Crippen molar-refractivity contribution >= 4 is 21.4 Å².